The Hall–Kier alpha value is -2.79. The van der Waals surface area contributed by atoms with Crippen LogP contribution in [0.5, 0.6) is 11.5 Å². The molecule has 2 aromatic rings. The lowest BCUT2D eigenvalue weighted by Gasteiger charge is -2.31. The molecule has 1 aliphatic carbocycles. The zero-order chi connectivity index (χ0) is 28.7. The van der Waals surface area contributed by atoms with Crippen LogP contribution in [0.15, 0.2) is 46.9 Å². The number of rotatable bonds is 11. The number of halogens is 1. The highest BCUT2D eigenvalue weighted by molar-refractivity contribution is 9.10. The summed E-state index contributed by atoms with van der Waals surface area (Å²) in [6.45, 7) is 2.97. The number of ether oxygens (including phenoxy) is 2. The highest BCUT2D eigenvalue weighted by atomic mass is 79.9. The van der Waals surface area contributed by atoms with E-state index in [-0.39, 0.29) is 43.8 Å². The molecule has 0 spiro atoms. The van der Waals surface area contributed by atoms with E-state index in [0.717, 1.165) is 42.0 Å². The number of nitrogens with one attached hydrogen (secondary N) is 1. The molecule has 0 saturated heterocycles. The molecule has 0 aromatic heterocycles. The number of fused-ring (bicyclic) bond motifs is 1. The van der Waals surface area contributed by atoms with E-state index in [2.05, 4.69) is 21.2 Å². The molecule has 0 bridgehead atoms. The molecule has 2 aromatic carbocycles. The van der Waals surface area contributed by atoms with Gasteiger partial charge in [0.05, 0.1) is 11.9 Å². The summed E-state index contributed by atoms with van der Waals surface area (Å²) in [6.07, 6.45) is 6.81. The van der Waals surface area contributed by atoms with Gasteiger partial charge in [0.15, 0.2) is 11.5 Å². The molecule has 4 rings (SSSR count). The van der Waals surface area contributed by atoms with Crippen molar-refractivity contribution in [2.24, 2.45) is 0 Å². The fourth-order valence-electron chi connectivity index (χ4n) is 5.17. The molecule has 1 aliphatic heterocycles. The van der Waals surface area contributed by atoms with Crippen LogP contribution in [0.25, 0.3) is 0 Å². The zero-order valence-corrected chi connectivity index (χ0v) is 25.5. The molecular formula is C29H38BrN3O6S. The van der Waals surface area contributed by atoms with Crippen molar-refractivity contribution in [1.29, 1.82) is 0 Å². The number of hydrogen-bond donors (Lipinski definition) is 1. The quantitative estimate of drug-likeness (QED) is 0.386. The van der Waals surface area contributed by atoms with Crippen molar-refractivity contribution in [3.8, 4) is 11.5 Å². The Balaban J connectivity index is 1.45. The summed E-state index contributed by atoms with van der Waals surface area (Å²) in [5.74, 6) is 0.694. The smallest absolute Gasteiger partial charge is 0.242 e. The fraction of sp³-hybridized carbons (Fsp3) is 0.517. The van der Waals surface area contributed by atoms with E-state index in [0.29, 0.717) is 30.4 Å². The minimum Gasteiger partial charge on any atom is -0.486 e. The lowest BCUT2D eigenvalue weighted by atomic mass is 9.95. The molecule has 40 heavy (non-hydrogen) atoms. The predicted octanol–water partition coefficient (Wildman–Crippen LogP) is 4.63. The maximum absolute atomic E-state index is 13.6. The van der Waals surface area contributed by atoms with Gasteiger partial charge in [-0.25, -0.2) is 8.42 Å². The van der Waals surface area contributed by atoms with Crippen molar-refractivity contribution >= 4 is 43.5 Å². The van der Waals surface area contributed by atoms with Gasteiger partial charge < -0.3 is 19.7 Å². The minimum absolute atomic E-state index is 0.0889. The summed E-state index contributed by atoms with van der Waals surface area (Å²) >= 11 is 3.48. The maximum Gasteiger partial charge on any atom is 0.242 e. The van der Waals surface area contributed by atoms with Gasteiger partial charge in [0.1, 0.15) is 19.3 Å². The van der Waals surface area contributed by atoms with Gasteiger partial charge in [-0.3, -0.25) is 13.9 Å². The predicted molar refractivity (Wildman–Crippen MR) is 158 cm³/mol. The van der Waals surface area contributed by atoms with Crippen molar-refractivity contribution < 1.29 is 27.5 Å². The Bertz CT molecular complexity index is 1300. The third-order valence-corrected chi connectivity index (χ3v) is 9.01. The molecule has 1 atom stereocenters. The average molecular weight is 637 g/mol. The normalized spacial score (nSPS) is 16.2. The van der Waals surface area contributed by atoms with E-state index in [1.54, 1.807) is 30.0 Å². The van der Waals surface area contributed by atoms with Gasteiger partial charge in [-0.15, -0.1) is 0 Å². The lowest BCUT2D eigenvalue weighted by molar-refractivity contribution is -0.141. The molecule has 11 heteroatoms. The number of hydrogen-bond acceptors (Lipinski definition) is 6. The fourth-order valence-corrected chi connectivity index (χ4v) is 6.58. The van der Waals surface area contributed by atoms with Gasteiger partial charge in [0.25, 0.3) is 0 Å². The van der Waals surface area contributed by atoms with E-state index in [1.807, 2.05) is 24.3 Å². The van der Waals surface area contributed by atoms with Crippen LogP contribution < -0.4 is 19.1 Å². The molecule has 1 fully saturated rings. The van der Waals surface area contributed by atoms with Crippen LogP contribution in [0, 0.1) is 0 Å². The van der Waals surface area contributed by atoms with E-state index >= 15 is 0 Å². The summed E-state index contributed by atoms with van der Waals surface area (Å²) < 4.78 is 38.7. The van der Waals surface area contributed by atoms with Gasteiger partial charge in [-0.2, -0.15) is 0 Å². The van der Waals surface area contributed by atoms with Crippen LogP contribution in [-0.2, 0) is 26.2 Å². The number of nitrogens with zero attached hydrogens (tertiary/aromatic N) is 2. The average Bonchev–Trinajstić information content (AvgIpc) is 2.93. The van der Waals surface area contributed by atoms with Gasteiger partial charge in [-0.1, -0.05) is 47.3 Å². The number of carbonyl (C=O) groups excluding carboxylic acids is 2. The monoisotopic (exact) mass is 635 g/mol. The maximum atomic E-state index is 13.6. The Labute approximate surface area is 245 Å². The summed E-state index contributed by atoms with van der Waals surface area (Å²) in [7, 11) is -3.62. The number of benzene rings is 2. The minimum atomic E-state index is -3.62. The molecule has 1 heterocycles. The van der Waals surface area contributed by atoms with Crippen LogP contribution in [-0.4, -0.2) is 63.2 Å². The summed E-state index contributed by atoms with van der Waals surface area (Å²) in [4.78, 5) is 28.4. The second-order valence-corrected chi connectivity index (χ2v) is 13.3. The van der Waals surface area contributed by atoms with E-state index < -0.39 is 16.1 Å². The molecule has 0 radical (unpaired) electrons. The van der Waals surface area contributed by atoms with Crippen molar-refractivity contribution in [3.63, 3.8) is 0 Å². The summed E-state index contributed by atoms with van der Waals surface area (Å²) in [5, 5.41) is 3.14. The van der Waals surface area contributed by atoms with Crippen LogP contribution >= 0.6 is 15.9 Å². The van der Waals surface area contributed by atoms with Crippen LogP contribution in [0.4, 0.5) is 5.69 Å². The van der Waals surface area contributed by atoms with Crippen molar-refractivity contribution in [1.82, 2.24) is 10.2 Å². The Morgan fingerprint density at radius 3 is 2.48 bits per heavy atom. The topological polar surface area (TPSA) is 105 Å². The van der Waals surface area contributed by atoms with Crippen LogP contribution in [0.3, 0.4) is 0 Å². The molecule has 0 unspecified atom stereocenters. The highest BCUT2D eigenvalue weighted by Crippen LogP contribution is 2.35. The first kappa shape index (κ1) is 30.2. The molecule has 9 nitrogen and oxygen atoms in total. The third-order valence-electron chi connectivity index (χ3n) is 7.33. The zero-order valence-electron chi connectivity index (χ0n) is 23.1. The Morgan fingerprint density at radius 1 is 1.05 bits per heavy atom. The first-order valence-electron chi connectivity index (χ1n) is 13.8. The molecule has 2 aliphatic rings. The largest absolute Gasteiger partial charge is 0.486 e. The highest BCUT2D eigenvalue weighted by Gasteiger charge is 2.29. The standard InChI is InChI=1S/C29H38BrN3O6S/c1-21(29(35)31-24-10-4-3-5-11-24)32(20-22-8-6-9-23(30)18-22)28(34)12-7-15-33(40(2,36)37)25-13-14-26-27(19-25)39-17-16-38-26/h6,8-9,13-14,18-19,21,24H,3-5,7,10-12,15-17,20H2,1-2H3,(H,31,35)/t21-/m0/s1. The van der Waals surface area contributed by atoms with Crippen LogP contribution in [0.2, 0.25) is 0 Å². The Kier molecular flexibility index (Phi) is 10.3. The van der Waals surface area contributed by atoms with Gasteiger partial charge in [-0.05, 0) is 56.0 Å². The van der Waals surface area contributed by atoms with Crippen LogP contribution in [0.1, 0.15) is 57.4 Å². The first-order valence-corrected chi connectivity index (χ1v) is 16.5. The Morgan fingerprint density at radius 2 is 1.77 bits per heavy atom. The van der Waals surface area contributed by atoms with Gasteiger partial charge in [0.2, 0.25) is 21.8 Å². The molecule has 1 N–H and O–H groups in total. The second kappa shape index (κ2) is 13.7. The van der Waals surface area contributed by atoms with E-state index in [9.17, 15) is 18.0 Å². The molecular weight excluding hydrogens is 598 g/mol. The summed E-state index contributed by atoms with van der Waals surface area (Å²) in [6, 6.07) is 12.1. The molecule has 1 saturated carbocycles. The lowest BCUT2D eigenvalue weighted by Crippen LogP contribution is -2.50. The molecule has 218 valence electrons. The van der Waals surface area contributed by atoms with Crippen molar-refractivity contribution in [2.75, 3.05) is 30.3 Å². The number of carbonyl (C=O) groups is 2. The number of amides is 2. The van der Waals surface area contributed by atoms with Gasteiger partial charge in [0, 0.05) is 36.1 Å². The summed E-state index contributed by atoms with van der Waals surface area (Å²) in [5.41, 5.74) is 1.35. The third kappa shape index (κ3) is 8.13. The molecule has 2 amide bonds. The number of sulfonamides is 1. The van der Waals surface area contributed by atoms with Crippen molar-refractivity contribution in [3.05, 3.63) is 52.5 Å². The van der Waals surface area contributed by atoms with E-state index in [4.69, 9.17) is 9.47 Å². The van der Waals surface area contributed by atoms with E-state index in [1.165, 1.54) is 10.7 Å². The number of anilines is 1. The first-order chi connectivity index (χ1) is 19.1. The SMILES string of the molecule is C[C@@H](C(=O)NC1CCCCC1)N(Cc1cccc(Br)c1)C(=O)CCCN(c1ccc2c(c1)OCCO2)S(C)(=O)=O. The van der Waals surface area contributed by atoms with Crippen molar-refractivity contribution in [2.45, 2.75) is 70.5 Å². The second-order valence-electron chi connectivity index (χ2n) is 10.4. The van der Waals surface area contributed by atoms with Gasteiger partial charge >= 0.3 is 0 Å².